The van der Waals surface area contributed by atoms with E-state index < -0.39 is 0 Å². The minimum atomic E-state index is 0.714. The summed E-state index contributed by atoms with van der Waals surface area (Å²) in [6.07, 6.45) is 4.49. The average molecular weight is 235 g/mol. The molecule has 1 aliphatic carbocycles. The number of hydrogen-bond acceptors (Lipinski definition) is 4. The zero-order valence-electron chi connectivity index (χ0n) is 10.5. The van der Waals surface area contributed by atoms with Crippen LogP contribution in [0.3, 0.4) is 0 Å². The summed E-state index contributed by atoms with van der Waals surface area (Å²) < 4.78 is 2.01. The Hall–Kier alpha value is -0.940. The Kier molecular flexibility index (Phi) is 3.11. The molecule has 0 radical (unpaired) electrons. The molecule has 5 heteroatoms. The van der Waals surface area contributed by atoms with E-state index in [9.17, 15) is 0 Å². The van der Waals surface area contributed by atoms with Gasteiger partial charge in [0.1, 0.15) is 12.2 Å². The van der Waals surface area contributed by atoms with Crippen molar-refractivity contribution < 1.29 is 0 Å². The van der Waals surface area contributed by atoms with Gasteiger partial charge < -0.3 is 5.32 Å². The van der Waals surface area contributed by atoms with E-state index in [2.05, 4.69) is 27.2 Å². The Bertz CT molecular complexity index is 371. The van der Waals surface area contributed by atoms with E-state index in [1.807, 2.05) is 4.68 Å². The molecule has 94 valence electrons. The van der Waals surface area contributed by atoms with Gasteiger partial charge in [-0.2, -0.15) is 5.10 Å². The number of hydrogen-bond donors (Lipinski definition) is 1. The molecular formula is C12H21N5. The molecule has 0 spiro atoms. The van der Waals surface area contributed by atoms with Crippen LogP contribution in [0.1, 0.15) is 25.6 Å². The number of nitrogens with one attached hydrogen (secondary N) is 1. The minimum absolute atomic E-state index is 0.714. The van der Waals surface area contributed by atoms with Crippen molar-refractivity contribution in [2.75, 3.05) is 19.6 Å². The van der Waals surface area contributed by atoms with Gasteiger partial charge >= 0.3 is 0 Å². The van der Waals surface area contributed by atoms with Crippen LogP contribution in [0.5, 0.6) is 0 Å². The fourth-order valence-corrected chi connectivity index (χ4v) is 2.77. The largest absolute Gasteiger partial charge is 0.314 e. The molecular weight excluding hydrogens is 214 g/mol. The Morgan fingerprint density at radius 1 is 1.47 bits per heavy atom. The summed E-state index contributed by atoms with van der Waals surface area (Å²) in [7, 11) is 0. The lowest BCUT2D eigenvalue weighted by Gasteiger charge is -2.36. The molecule has 1 aliphatic heterocycles. The molecule has 3 rings (SSSR count). The van der Waals surface area contributed by atoms with Gasteiger partial charge in [0.05, 0.1) is 6.54 Å². The normalized spacial score (nSPS) is 26.3. The fourth-order valence-electron chi connectivity index (χ4n) is 2.77. The lowest BCUT2D eigenvalue weighted by molar-refractivity contribution is 0.130. The average Bonchev–Trinajstić information content (AvgIpc) is 3.11. The van der Waals surface area contributed by atoms with E-state index in [1.54, 1.807) is 6.33 Å². The van der Waals surface area contributed by atoms with Crippen LogP contribution in [0.25, 0.3) is 0 Å². The van der Waals surface area contributed by atoms with E-state index in [1.165, 1.54) is 12.8 Å². The Morgan fingerprint density at radius 2 is 2.35 bits per heavy atom. The van der Waals surface area contributed by atoms with Crippen molar-refractivity contribution in [2.45, 2.75) is 38.9 Å². The van der Waals surface area contributed by atoms with Gasteiger partial charge in [0.15, 0.2) is 0 Å². The molecule has 1 saturated carbocycles. The Labute approximate surface area is 102 Å². The summed E-state index contributed by atoms with van der Waals surface area (Å²) in [4.78, 5) is 6.97. The zero-order valence-corrected chi connectivity index (χ0v) is 10.5. The number of nitrogens with zero attached hydrogens (tertiary/aromatic N) is 4. The SMILES string of the molecule is CCn1ncnc1CN1CCNCC1C1CC1. The van der Waals surface area contributed by atoms with E-state index in [-0.39, 0.29) is 0 Å². The van der Waals surface area contributed by atoms with Crippen molar-refractivity contribution in [1.29, 1.82) is 0 Å². The molecule has 17 heavy (non-hydrogen) atoms. The van der Waals surface area contributed by atoms with E-state index in [0.29, 0.717) is 6.04 Å². The maximum atomic E-state index is 4.39. The Morgan fingerprint density at radius 3 is 3.12 bits per heavy atom. The molecule has 0 amide bonds. The van der Waals surface area contributed by atoms with Crippen molar-refractivity contribution in [3.8, 4) is 0 Å². The van der Waals surface area contributed by atoms with Gasteiger partial charge in [-0.25, -0.2) is 9.67 Å². The molecule has 1 aromatic rings. The van der Waals surface area contributed by atoms with Crippen molar-refractivity contribution in [2.24, 2.45) is 5.92 Å². The maximum absolute atomic E-state index is 4.39. The van der Waals surface area contributed by atoms with Gasteiger partial charge in [0, 0.05) is 32.2 Å². The van der Waals surface area contributed by atoms with Crippen LogP contribution in [-0.2, 0) is 13.1 Å². The summed E-state index contributed by atoms with van der Waals surface area (Å²) >= 11 is 0. The first-order valence-electron chi connectivity index (χ1n) is 6.70. The van der Waals surface area contributed by atoms with E-state index in [4.69, 9.17) is 0 Å². The van der Waals surface area contributed by atoms with Gasteiger partial charge in [-0.1, -0.05) is 0 Å². The summed E-state index contributed by atoms with van der Waals surface area (Å²) in [5, 5.41) is 7.76. The van der Waals surface area contributed by atoms with Crippen molar-refractivity contribution in [3.63, 3.8) is 0 Å². The summed E-state index contributed by atoms with van der Waals surface area (Å²) in [5.41, 5.74) is 0. The third kappa shape index (κ3) is 2.35. The third-order valence-corrected chi connectivity index (χ3v) is 3.90. The molecule has 2 aliphatic rings. The minimum Gasteiger partial charge on any atom is -0.314 e. The molecule has 2 fully saturated rings. The highest BCUT2D eigenvalue weighted by atomic mass is 15.4. The van der Waals surface area contributed by atoms with Crippen LogP contribution in [-0.4, -0.2) is 45.3 Å². The van der Waals surface area contributed by atoms with Gasteiger partial charge in [0.2, 0.25) is 0 Å². The van der Waals surface area contributed by atoms with Gasteiger partial charge in [-0.15, -0.1) is 0 Å². The number of aryl methyl sites for hydroxylation is 1. The van der Waals surface area contributed by atoms with Gasteiger partial charge in [-0.05, 0) is 25.7 Å². The molecule has 2 heterocycles. The lowest BCUT2D eigenvalue weighted by atomic mass is 10.1. The van der Waals surface area contributed by atoms with E-state index in [0.717, 1.165) is 44.5 Å². The molecule has 5 nitrogen and oxygen atoms in total. The molecule has 1 saturated heterocycles. The van der Waals surface area contributed by atoms with E-state index >= 15 is 0 Å². The fraction of sp³-hybridized carbons (Fsp3) is 0.833. The highest BCUT2D eigenvalue weighted by molar-refractivity contribution is 4.95. The quantitative estimate of drug-likeness (QED) is 0.824. The molecule has 1 unspecified atom stereocenters. The predicted molar refractivity (Wildman–Crippen MR) is 65.5 cm³/mol. The molecule has 1 N–H and O–H groups in total. The predicted octanol–water partition coefficient (Wildman–Crippen LogP) is 0.482. The second-order valence-corrected chi connectivity index (χ2v) is 5.07. The molecule has 0 bridgehead atoms. The molecule has 0 aromatic carbocycles. The van der Waals surface area contributed by atoms with Crippen LogP contribution in [0.2, 0.25) is 0 Å². The van der Waals surface area contributed by atoms with Gasteiger partial charge in [-0.3, -0.25) is 4.90 Å². The van der Waals surface area contributed by atoms with Crippen molar-refractivity contribution in [3.05, 3.63) is 12.2 Å². The monoisotopic (exact) mass is 235 g/mol. The first-order valence-corrected chi connectivity index (χ1v) is 6.70. The van der Waals surface area contributed by atoms with Crippen molar-refractivity contribution >= 4 is 0 Å². The highest BCUT2D eigenvalue weighted by Gasteiger charge is 2.36. The van der Waals surface area contributed by atoms with Crippen LogP contribution >= 0.6 is 0 Å². The first kappa shape index (κ1) is 11.2. The second-order valence-electron chi connectivity index (χ2n) is 5.07. The van der Waals surface area contributed by atoms with Crippen LogP contribution in [0, 0.1) is 5.92 Å². The second kappa shape index (κ2) is 4.74. The molecule has 1 atom stereocenters. The smallest absolute Gasteiger partial charge is 0.141 e. The number of rotatable bonds is 4. The number of aromatic nitrogens is 3. The summed E-state index contributed by atoms with van der Waals surface area (Å²) in [5.74, 6) is 2.03. The Balaban J connectivity index is 1.69. The zero-order chi connectivity index (χ0) is 11.7. The third-order valence-electron chi connectivity index (χ3n) is 3.90. The standard InChI is InChI=1S/C12H21N5/c1-2-17-12(14-9-15-17)8-16-6-5-13-7-11(16)10-3-4-10/h9-11,13H,2-8H2,1H3. The highest BCUT2D eigenvalue weighted by Crippen LogP contribution is 2.36. The van der Waals surface area contributed by atoms with Crippen LogP contribution in [0.4, 0.5) is 0 Å². The maximum Gasteiger partial charge on any atom is 0.141 e. The molecule has 1 aromatic heterocycles. The van der Waals surface area contributed by atoms with Crippen molar-refractivity contribution in [1.82, 2.24) is 25.0 Å². The summed E-state index contributed by atoms with van der Waals surface area (Å²) in [6.45, 7) is 7.37. The lowest BCUT2D eigenvalue weighted by Crippen LogP contribution is -2.52. The topological polar surface area (TPSA) is 46.0 Å². The first-order chi connectivity index (χ1) is 8.38. The van der Waals surface area contributed by atoms with Gasteiger partial charge in [0.25, 0.3) is 0 Å². The van der Waals surface area contributed by atoms with Crippen LogP contribution in [0.15, 0.2) is 6.33 Å². The van der Waals surface area contributed by atoms with Crippen LogP contribution < -0.4 is 5.32 Å². The number of piperazine rings is 1. The summed E-state index contributed by atoms with van der Waals surface area (Å²) in [6, 6.07) is 0.714.